The van der Waals surface area contributed by atoms with Gasteiger partial charge in [-0.05, 0) is 97.0 Å². The van der Waals surface area contributed by atoms with Crippen molar-refractivity contribution >= 4 is 36.1 Å². The average Bonchev–Trinajstić information content (AvgIpc) is 3.28. The molecule has 1 unspecified atom stereocenters. The number of carbonyl (C=O) groups excluding carboxylic acids is 2. The van der Waals surface area contributed by atoms with Crippen molar-refractivity contribution in [3.8, 4) is 17.2 Å². The van der Waals surface area contributed by atoms with Gasteiger partial charge in [0.2, 0.25) is 0 Å². The predicted molar refractivity (Wildman–Crippen MR) is 242 cm³/mol. The summed E-state index contributed by atoms with van der Waals surface area (Å²) in [6, 6.07) is 22.4. The van der Waals surface area contributed by atoms with Gasteiger partial charge in [0.25, 0.3) is 0 Å². The molecule has 1 atom stereocenters. The van der Waals surface area contributed by atoms with Crippen molar-refractivity contribution in [1.29, 1.82) is 0 Å². The normalized spacial score (nSPS) is 11.5. The van der Waals surface area contributed by atoms with Crippen molar-refractivity contribution in [3.63, 3.8) is 0 Å². The van der Waals surface area contributed by atoms with Crippen molar-refractivity contribution in [3.05, 3.63) is 107 Å². The van der Waals surface area contributed by atoms with Gasteiger partial charge in [-0.2, -0.15) is 0 Å². The molecule has 0 heterocycles. The Kier molecular flexibility index (Phi) is 30.3. The minimum absolute atomic E-state index is 0.277. The highest BCUT2D eigenvalue weighted by molar-refractivity contribution is 5.92. The number of esters is 2. The van der Waals surface area contributed by atoms with Crippen LogP contribution in [0.25, 0.3) is 18.2 Å². The van der Waals surface area contributed by atoms with Crippen molar-refractivity contribution in [1.82, 2.24) is 0 Å². The van der Waals surface area contributed by atoms with Gasteiger partial charge in [0.15, 0.2) is 0 Å². The molecule has 3 aromatic carbocycles. The van der Waals surface area contributed by atoms with E-state index in [9.17, 15) is 19.5 Å². The Morgan fingerprint density at radius 3 is 1.45 bits per heavy atom. The lowest BCUT2D eigenvalue weighted by Crippen LogP contribution is -2.08. The quantitative estimate of drug-likeness (QED) is 0.0474. The van der Waals surface area contributed by atoms with Gasteiger partial charge in [0, 0.05) is 24.3 Å². The van der Waals surface area contributed by atoms with Gasteiger partial charge in [-0.15, -0.1) is 0 Å². The second-order valence-corrected chi connectivity index (χ2v) is 13.9. The first kappa shape index (κ1) is 52.7. The lowest BCUT2D eigenvalue weighted by Gasteiger charge is -2.14. The maximum absolute atomic E-state index is 11.5. The zero-order valence-electron chi connectivity index (χ0n) is 37.1. The molecule has 0 saturated heterocycles. The van der Waals surface area contributed by atoms with Crippen LogP contribution < -0.4 is 14.2 Å². The number of rotatable bonds is 26. The van der Waals surface area contributed by atoms with Gasteiger partial charge in [-0.1, -0.05) is 115 Å². The Labute approximate surface area is 359 Å². The SMILES string of the molecule is CCCCC(CC)CC(=Cc1ccc(OC)cc1)C(=O)O.CCCCCCCCOC(=O)C=Cc1ccc(OC)cc1.CCOCCOC(=O)C=Cc1ccc(OC)cc1. The maximum Gasteiger partial charge on any atom is 0.331 e. The summed E-state index contributed by atoms with van der Waals surface area (Å²) in [4.78, 5) is 34.3. The second-order valence-electron chi connectivity index (χ2n) is 13.9. The summed E-state index contributed by atoms with van der Waals surface area (Å²) in [6.07, 6.45) is 20.3. The highest BCUT2D eigenvalue weighted by Crippen LogP contribution is 2.24. The van der Waals surface area contributed by atoms with Gasteiger partial charge >= 0.3 is 17.9 Å². The molecule has 3 aromatic rings. The Bertz CT molecular complexity index is 1660. The zero-order valence-corrected chi connectivity index (χ0v) is 37.1. The average molecular weight is 831 g/mol. The van der Waals surface area contributed by atoms with Crippen LogP contribution in [0.4, 0.5) is 0 Å². The molecular formula is C50H70O10. The van der Waals surface area contributed by atoms with E-state index in [0.717, 1.165) is 72.5 Å². The monoisotopic (exact) mass is 830 g/mol. The number of unbranched alkanes of at least 4 members (excludes halogenated alkanes) is 6. The first-order valence-corrected chi connectivity index (χ1v) is 21.3. The first-order valence-electron chi connectivity index (χ1n) is 21.3. The Morgan fingerprint density at radius 1 is 0.567 bits per heavy atom. The highest BCUT2D eigenvalue weighted by atomic mass is 16.6. The minimum atomic E-state index is -0.819. The van der Waals surface area contributed by atoms with E-state index in [2.05, 4.69) is 20.8 Å². The number of benzene rings is 3. The molecule has 0 radical (unpaired) electrons. The molecule has 0 fully saturated rings. The number of ether oxygens (including phenoxy) is 6. The van der Waals surface area contributed by atoms with Crippen molar-refractivity contribution < 1.29 is 47.9 Å². The van der Waals surface area contributed by atoms with Crippen LogP contribution in [0.5, 0.6) is 17.2 Å². The lowest BCUT2D eigenvalue weighted by atomic mass is 9.91. The first-order chi connectivity index (χ1) is 29.1. The Hall–Kier alpha value is -5.35. The number of hydrogen-bond acceptors (Lipinski definition) is 9. The molecule has 3 rings (SSSR count). The van der Waals surface area contributed by atoms with Gasteiger partial charge in [0.05, 0.1) is 34.5 Å². The Balaban J connectivity index is 0.000000452. The fourth-order valence-electron chi connectivity index (χ4n) is 5.62. The van der Waals surface area contributed by atoms with Crippen LogP contribution in [0.15, 0.2) is 90.5 Å². The van der Waals surface area contributed by atoms with Crippen molar-refractivity contribution in [2.75, 3.05) is 47.8 Å². The van der Waals surface area contributed by atoms with E-state index in [4.69, 9.17) is 28.4 Å². The molecule has 0 aliphatic rings. The van der Waals surface area contributed by atoms with Crippen molar-refractivity contribution in [2.45, 2.75) is 98.3 Å². The number of carboxylic acids is 1. The summed E-state index contributed by atoms with van der Waals surface area (Å²) in [5.41, 5.74) is 3.26. The number of hydrogen-bond donors (Lipinski definition) is 1. The van der Waals surface area contributed by atoms with Crippen LogP contribution in [0, 0.1) is 5.92 Å². The van der Waals surface area contributed by atoms with Crippen LogP contribution in [0.1, 0.15) is 115 Å². The molecule has 330 valence electrons. The summed E-state index contributed by atoms with van der Waals surface area (Å²) in [5, 5.41) is 9.41. The number of aliphatic carboxylic acids is 1. The fraction of sp³-hybridized carbons (Fsp3) is 0.460. The topological polar surface area (TPSA) is 127 Å². The summed E-state index contributed by atoms with van der Waals surface area (Å²) in [7, 11) is 4.86. The van der Waals surface area contributed by atoms with E-state index in [0.29, 0.717) is 37.7 Å². The van der Waals surface area contributed by atoms with E-state index in [-0.39, 0.29) is 18.5 Å². The summed E-state index contributed by atoms with van der Waals surface area (Å²) in [6.45, 7) is 10.2. The van der Waals surface area contributed by atoms with E-state index < -0.39 is 5.97 Å². The van der Waals surface area contributed by atoms with Crippen LogP contribution >= 0.6 is 0 Å². The van der Waals surface area contributed by atoms with Crippen LogP contribution in [-0.2, 0) is 28.6 Å². The summed E-state index contributed by atoms with van der Waals surface area (Å²) < 4.78 is 30.4. The van der Waals surface area contributed by atoms with Crippen LogP contribution in [0.3, 0.4) is 0 Å². The van der Waals surface area contributed by atoms with Gasteiger partial charge in [0.1, 0.15) is 23.9 Å². The third-order valence-corrected chi connectivity index (χ3v) is 9.26. The van der Waals surface area contributed by atoms with E-state index in [1.807, 2.05) is 79.7 Å². The summed E-state index contributed by atoms with van der Waals surface area (Å²) in [5.74, 6) is 1.35. The molecule has 0 bridgehead atoms. The van der Waals surface area contributed by atoms with Gasteiger partial charge < -0.3 is 33.5 Å². The molecule has 0 aliphatic carbocycles. The number of carboxylic acid groups (broad SMARTS) is 1. The zero-order chi connectivity index (χ0) is 44.2. The molecule has 10 heteroatoms. The van der Waals surface area contributed by atoms with Gasteiger partial charge in [-0.25, -0.2) is 14.4 Å². The second kappa shape index (κ2) is 34.5. The largest absolute Gasteiger partial charge is 0.497 e. The van der Waals surface area contributed by atoms with Crippen molar-refractivity contribution in [2.24, 2.45) is 5.92 Å². The van der Waals surface area contributed by atoms with Gasteiger partial charge in [-0.3, -0.25) is 0 Å². The third-order valence-electron chi connectivity index (χ3n) is 9.26. The lowest BCUT2D eigenvalue weighted by molar-refractivity contribution is -0.139. The molecule has 1 N–H and O–H groups in total. The smallest absolute Gasteiger partial charge is 0.331 e. The van der Waals surface area contributed by atoms with E-state index in [1.165, 1.54) is 37.8 Å². The molecule has 0 amide bonds. The Morgan fingerprint density at radius 2 is 1.02 bits per heavy atom. The fourth-order valence-corrected chi connectivity index (χ4v) is 5.62. The van der Waals surface area contributed by atoms with E-state index in [1.54, 1.807) is 39.6 Å². The minimum Gasteiger partial charge on any atom is -0.497 e. The summed E-state index contributed by atoms with van der Waals surface area (Å²) >= 11 is 0. The molecule has 0 spiro atoms. The highest BCUT2D eigenvalue weighted by Gasteiger charge is 2.14. The van der Waals surface area contributed by atoms with Crippen LogP contribution in [-0.4, -0.2) is 70.8 Å². The third kappa shape index (κ3) is 25.9. The molecule has 10 nitrogen and oxygen atoms in total. The maximum atomic E-state index is 11.5. The van der Waals surface area contributed by atoms with Crippen LogP contribution in [0.2, 0.25) is 0 Å². The standard InChI is InChI=1S/2C18H26O3.C14H18O4/c1-4-6-7-14(5-2)12-16(18(19)20)13-15-8-10-17(21-3)11-9-15;1-3-4-5-6-7-8-15-21-18(19)14-11-16-9-12-17(20-2)13-10-16;1-3-17-10-11-18-14(15)9-6-12-4-7-13(16-2)8-5-12/h8-11,13-14H,4-7,12H2,1-3H3,(H,19,20);9-14H,3-8,15H2,1-2H3;4-9H,3,10-11H2,1-2H3. The molecule has 60 heavy (non-hydrogen) atoms. The molecule has 0 aliphatic heterocycles. The molecule has 0 saturated carbocycles. The molecular weight excluding hydrogens is 761 g/mol. The molecule has 0 aromatic heterocycles. The number of carbonyl (C=O) groups is 3. The number of methoxy groups -OCH3 is 3. The van der Waals surface area contributed by atoms with E-state index >= 15 is 0 Å². The predicted octanol–water partition coefficient (Wildman–Crippen LogP) is 11.7.